The first kappa shape index (κ1) is 12.7. The van der Waals surface area contributed by atoms with E-state index in [-0.39, 0.29) is 18.4 Å². The first-order chi connectivity index (χ1) is 9.12. The summed E-state index contributed by atoms with van der Waals surface area (Å²) in [5.41, 5.74) is 0.110. The number of anilines is 1. The Morgan fingerprint density at radius 3 is 2.53 bits per heavy atom. The van der Waals surface area contributed by atoms with Crippen molar-refractivity contribution < 1.29 is 9.59 Å². The summed E-state index contributed by atoms with van der Waals surface area (Å²) in [6.07, 6.45) is 3.49. The highest BCUT2D eigenvalue weighted by molar-refractivity contribution is 9.10. The molecule has 0 bridgehead atoms. The van der Waals surface area contributed by atoms with Crippen molar-refractivity contribution in [3.63, 3.8) is 0 Å². The van der Waals surface area contributed by atoms with Gasteiger partial charge in [-0.1, -0.05) is 25.0 Å². The van der Waals surface area contributed by atoms with Crippen LogP contribution in [0.15, 0.2) is 28.7 Å². The highest BCUT2D eigenvalue weighted by Gasteiger charge is 2.48. The lowest BCUT2D eigenvalue weighted by atomic mass is 9.92. The molecule has 1 N–H and O–H groups in total. The number of para-hydroxylation sites is 1. The van der Waals surface area contributed by atoms with Gasteiger partial charge in [0.2, 0.25) is 5.91 Å². The van der Waals surface area contributed by atoms with Gasteiger partial charge in [-0.05, 0) is 40.9 Å². The van der Waals surface area contributed by atoms with E-state index in [0.29, 0.717) is 0 Å². The fraction of sp³-hybridized carbons (Fsp3) is 0.429. The van der Waals surface area contributed by atoms with Crippen LogP contribution in [-0.4, -0.2) is 23.9 Å². The Morgan fingerprint density at radius 2 is 1.84 bits per heavy atom. The third-order valence-electron chi connectivity index (χ3n) is 3.94. The van der Waals surface area contributed by atoms with Crippen LogP contribution in [0.5, 0.6) is 0 Å². The van der Waals surface area contributed by atoms with Crippen LogP contribution >= 0.6 is 15.9 Å². The van der Waals surface area contributed by atoms with E-state index in [9.17, 15) is 9.59 Å². The van der Waals surface area contributed by atoms with Gasteiger partial charge in [-0.3, -0.25) is 14.5 Å². The molecule has 3 rings (SSSR count). The Balaban J connectivity index is 1.99. The summed E-state index contributed by atoms with van der Waals surface area (Å²) in [5.74, 6) is -0.0475. The second kappa shape index (κ2) is 4.63. The Kier molecular flexibility index (Phi) is 3.09. The van der Waals surface area contributed by atoms with E-state index in [2.05, 4.69) is 21.2 Å². The third kappa shape index (κ3) is 2.06. The van der Waals surface area contributed by atoms with Crippen molar-refractivity contribution in [2.24, 2.45) is 0 Å². The zero-order chi connectivity index (χ0) is 13.5. The fourth-order valence-corrected chi connectivity index (χ4v) is 3.52. The molecule has 0 aromatic heterocycles. The van der Waals surface area contributed by atoms with Gasteiger partial charge in [0, 0.05) is 4.47 Å². The van der Waals surface area contributed by atoms with Crippen molar-refractivity contribution in [2.45, 2.75) is 31.2 Å². The second-order valence-corrected chi connectivity index (χ2v) is 6.03. The van der Waals surface area contributed by atoms with E-state index in [4.69, 9.17) is 0 Å². The zero-order valence-corrected chi connectivity index (χ0v) is 12.1. The quantitative estimate of drug-likeness (QED) is 0.862. The number of rotatable bonds is 1. The number of piperazine rings is 1. The molecule has 0 atom stereocenters. The summed E-state index contributed by atoms with van der Waals surface area (Å²) in [6, 6.07) is 7.52. The number of halogens is 1. The summed E-state index contributed by atoms with van der Waals surface area (Å²) in [6.45, 7) is 0.100. The lowest BCUT2D eigenvalue weighted by Gasteiger charge is -2.40. The van der Waals surface area contributed by atoms with Crippen LogP contribution in [0.2, 0.25) is 0 Å². The van der Waals surface area contributed by atoms with Gasteiger partial charge in [0.15, 0.2) is 0 Å². The van der Waals surface area contributed by atoms with Gasteiger partial charge in [0.25, 0.3) is 5.91 Å². The van der Waals surface area contributed by atoms with Crippen LogP contribution in [0.4, 0.5) is 5.69 Å². The normalized spacial score (nSPS) is 21.8. The zero-order valence-electron chi connectivity index (χ0n) is 10.5. The molecule has 1 aliphatic carbocycles. The predicted molar refractivity (Wildman–Crippen MR) is 75.8 cm³/mol. The maximum Gasteiger partial charge on any atom is 0.253 e. The van der Waals surface area contributed by atoms with Crippen molar-refractivity contribution in [2.75, 3.05) is 11.4 Å². The van der Waals surface area contributed by atoms with Gasteiger partial charge in [0.05, 0.1) is 5.69 Å². The van der Waals surface area contributed by atoms with Gasteiger partial charge >= 0.3 is 0 Å². The van der Waals surface area contributed by atoms with E-state index >= 15 is 0 Å². The molecular weight excluding hydrogens is 308 g/mol. The molecule has 1 aliphatic heterocycles. The van der Waals surface area contributed by atoms with Gasteiger partial charge in [-0.15, -0.1) is 0 Å². The molecule has 19 heavy (non-hydrogen) atoms. The van der Waals surface area contributed by atoms with Crippen LogP contribution in [-0.2, 0) is 9.59 Å². The maximum atomic E-state index is 12.7. The molecule has 2 aliphatic rings. The number of nitrogens with zero attached hydrogens (tertiary/aromatic N) is 1. The van der Waals surface area contributed by atoms with Crippen LogP contribution in [0.25, 0.3) is 0 Å². The molecule has 4 nitrogen and oxygen atoms in total. The number of carbonyl (C=O) groups is 2. The highest BCUT2D eigenvalue weighted by atomic mass is 79.9. The standard InChI is InChI=1S/C14H15BrN2O2/c15-10-5-1-2-6-11(10)17-9-12(18)16-14(13(17)19)7-3-4-8-14/h1-2,5-6H,3-4,7-9H2,(H,16,18). The van der Waals surface area contributed by atoms with Crippen LogP contribution < -0.4 is 10.2 Å². The summed E-state index contributed by atoms with van der Waals surface area (Å²) in [5, 5.41) is 2.92. The highest BCUT2D eigenvalue weighted by Crippen LogP contribution is 2.36. The van der Waals surface area contributed by atoms with Crippen LogP contribution in [0, 0.1) is 0 Å². The van der Waals surface area contributed by atoms with Crippen molar-refractivity contribution in [1.29, 1.82) is 0 Å². The Hall–Kier alpha value is -1.36. The van der Waals surface area contributed by atoms with Gasteiger partial charge in [-0.2, -0.15) is 0 Å². The van der Waals surface area contributed by atoms with Crippen molar-refractivity contribution in [1.82, 2.24) is 5.32 Å². The summed E-state index contributed by atoms with van der Waals surface area (Å²) in [7, 11) is 0. The summed E-state index contributed by atoms with van der Waals surface area (Å²) < 4.78 is 0.839. The molecule has 1 saturated carbocycles. The Labute approximate surface area is 120 Å². The van der Waals surface area contributed by atoms with E-state index < -0.39 is 5.54 Å². The van der Waals surface area contributed by atoms with E-state index in [1.165, 1.54) is 0 Å². The molecule has 100 valence electrons. The van der Waals surface area contributed by atoms with Crippen molar-refractivity contribution in [3.05, 3.63) is 28.7 Å². The summed E-state index contributed by atoms with van der Waals surface area (Å²) in [4.78, 5) is 26.3. The third-order valence-corrected chi connectivity index (χ3v) is 4.61. The van der Waals surface area contributed by atoms with E-state index in [1.807, 2.05) is 24.3 Å². The number of hydrogen-bond donors (Lipinski definition) is 1. The molecule has 1 saturated heterocycles. The molecule has 2 amide bonds. The smallest absolute Gasteiger partial charge is 0.253 e. The fourth-order valence-electron chi connectivity index (χ4n) is 3.02. The van der Waals surface area contributed by atoms with E-state index in [1.54, 1.807) is 4.90 Å². The summed E-state index contributed by atoms with van der Waals surface area (Å²) >= 11 is 3.45. The Bertz CT molecular complexity index is 538. The Morgan fingerprint density at radius 1 is 1.16 bits per heavy atom. The topological polar surface area (TPSA) is 49.4 Å². The number of benzene rings is 1. The molecule has 1 aromatic rings. The van der Waals surface area contributed by atoms with Gasteiger partial charge in [0.1, 0.15) is 12.1 Å². The lowest BCUT2D eigenvalue weighted by Crippen LogP contribution is -2.65. The average Bonchev–Trinajstić information content (AvgIpc) is 2.84. The minimum atomic E-state index is -0.662. The molecular formula is C14H15BrN2O2. The number of amides is 2. The molecule has 5 heteroatoms. The maximum absolute atomic E-state index is 12.7. The van der Waals surface area contributed by atoms with E-state index in [0.717, 1.165) is 35.8 Å². The number of hydrogen-bond acceptors (Lipinski definition) is 2. The minimum Gasteiger partial charge on any atom is -0.340 e. The monoisotopic (exact) mass is 322 g/mol. The molecule has 0 radical (unpaired) electrons. The average molecular weight is 323 g/mol. The molecule has 0 unspecified atom stereocenters. The lowest BCUT2D eigenvalue weighted by molar-refractivity contribution is -0.135. The van der Waals surface area contributed by atoms with Crippen LogP contribution in [0.1, 0.15) is 25.7 Å². The largest absolute Gasteiger partial charge is 0.340 e. The molecule has 1 heterocycles. The number of carbonyl (C=O) groups excluding carboxylic acids is 2. The van der Waals surface area contributed by atoms with Gasteiger partial charge < -0.3 is 5.32 Å². The van der Waals surface area contributed by atoms with Gasteiger partial charge in [-0.25, -0.2) is 0 Å². The first-order valence-corrected chi connectivity index (χ1v) is 7.29. The minimum absolute atomic E-state index is 0.0245. The van der Waals surface area contributed by atoms with Crippen molar-refractivity contribution >= 4 is 33.4 Å². The SMILES string of the molecule is O=C1CN(c2ccccc2Br)C(=O)C2(CCCC2)N1. The van der Waals surface area contributed by atoms with Crippen LogP contribution in [0.3, 0.4) is 0 Å². The molecule has 1 spiro atoms. The number of nitrogens with one attached hydrogen (secondary N) is 1. The first-order valence-electron chi connectivity index (χ1n) is 6.50. The second-order valence-electron chi connectivity index (χ2n) is 5.18. The predicted octanol–water partition coefficient (Wildman–Crippen LogP) is 2.22. The van der Waals surface area contributed by atoms with Crippen molar-refractivity contribution in [3.8, 4) is 0 Å². The molecule has 2 fully saturated rings. The molecule has 1 aromatic carbocycles.